The van der Waals surface area contributed by atoms with Crippen LogP contribution in [0.15, 0.2) is 0 Å². The van der Waals surface area contributed by atoms with Gasteiger partial charge in [-0.15, -0.1) is 0 Å². The highest BCUT2D eigenvalue weighted by Gasteiger charge is 2.25. The third-order valence-corrected chi connectivity index (χ3v) is 3.21. The normalized spacial score (nSPS) is 22.6. The molecule has 16 heavy (non-hydrogen) atoms. The SMILES string of the molecule is CCCC(C)(C)NC(=O)C1CCCCCN1. The third-order valence-electron chi connectivity index (χ3n) is 3.21. The van der Waals surface area contributed by atoms with Crippen LogP contribution < -0.4 is 10.6 Å². The lowest BCUT2D eigenvalue weighted by molar-refractivity contribution is -0.124. The summed E-state index contributed by atoms with van der Waals surface area (Å²) in [5, 5.41) is 6.49. The van der Waals surface area contributed by atoms with Crippen molar-refractivity contribution >= 4 is 5.91 Å². The van der Waals surface area contributed by atoms with Crippen molar-refractivity contribution in [2.45, 2.75) is 70.9 Å². The Kier molecular flexibility index (Phi) is 5.26. The van der Waals surface area contributed by atoms with Gasteiger partial charge < -0.3 is 10.6 Å². The van der Waals surface area contributed by atoms with Crippen LogP contribution >= 0.6 is 0 Å². The van der Waals surface area contributed by atoms with E-state index in [1.807, 2.05) is 0 Å². The molecule has 0 aliphatic carbocycles. The van der Waals surface area contributed by atoms with E-state index in [-0.39, 0.29) is 17.5 Å². The largest absolute Gasteiger partial charge is 0.350 e. The summed E-state index contributed by atoms with van der Waals surface area (Å²) in [6, 6.07) is 0.0265. The zero-order valence-electron chi connectivity index (χ0n) is 10.9. The monoisotopic (exact) mass is 226 g/mol. The maximum absolute atomic E-state index is 12.1. The molecule has 3 heteroatoms. The summed E-state index contributed by atoms with van der Waals surface area (Å²) in [5.74, 6) is 0.181. The van der Waals surface area contributed by atoms with Crippen molar-refractivity contribution in [3.8, 4) is 0 Å². The van der Waals surface area contributed by atoms with Gasteiger partial charge in [-0.1, -0.05) is 26.2 Å². The molecular formula is C13H26N2O. The van der Waals surface area contributed by atoms with E-state index in [0.717, 1.165) is 25.8 Å². The third kappa shape index (κ3) is 4.52. The zero-order chi connectivity index (χ0) is 12.0. The zero-order valence-corrected chi connectivity index (χ0v) is 10.9. The fourth-order valence-corrected chi connectivity index (χ4v) is 2.36. The molecule has 0 spiro atoms. The Morgan fingerprint density at radius 3 is 2.81 bits per heavy atom. The first kappa shape index (κ1) is 13.5. The number of carbonyl (C=O) groups excluding carboxylic acids is 1. The topological polar surface area (TPSA) is 41.1 Å². The molecule has 94 valence electrons. The van der Waals surface area contributed by atoms with Gasteiger partial charge in [0.25, 0.3) is 0 Å². The van der Waals surface area contributed by atoms with E-state index in [9.17, 15) is 4.79 Å². The number of hydrogen-bond acceptors (Lipinski definition) is 2. The first-order chi connectivity index (χ1) is 7.55. The number of nitrogens with one attached hydrogen (secondary N) is 2. The van der Waals surface area contributed by atoms with E-state index in [1.54, 1.807) is 0 Å². The number of hydrogen-bond donors (Lipinski definition) is 2. The maximum atomic E-state index is 12.1. The molecular weight excluding hydrogens is 200 g/mol. The molecule has 1 aliphatic heterocycles. The van der Waals surface area contributed by atoms with E-state index < -0.39 is 0 Å². The van der Waals surface area contributed by atoms with E-state index in [1.165, 1.54) is 19.3 Å². The Hall–Kier alpha value is -0.570. The Morgan fingerprint density at radius 2 is 2.12 bits per heavy atom. The predicted octanol–water partition coefficient (Wildman–Crippen LogP) is 2.21. The van der Waals surface area contributed by atoms with Crippen molar-refractivity contribution in [3.05, 3.63) is 0 Å². The van der Waals surface area contributed by atoms with Gasteiger partial charge in [-0.2, -0.15) is 0 Å². The average molecular weight is 226 g/mol. The second kappa shape index (κ2) is 6.24. The van der Waals surface area contributed by atoms with Gasteiger partial charge in [0.15, 0.2) is 0 Å². The fraction of sp³-hybridized carbons (Fsp3) is 0.923. The summed E-state index contributed by atoms with van der Waals surface area (Å²) in [6.45, 7) is 7.33. The summed E-state index contributed by atoms with van der Waals surface area (Å²) in [4.78, 5) is 12.1. The lowest BCUT2D eigenvalue weighted by Gasteiger charge is -2.28. The summed E-state index contributed by atoms with van der Waals surface area (Å²) in [6.07, 6.45) is 6.72. The summed E-state index contributed by atoms with van der Waals surface area (Å²) < 4.78 is 0. The van der Waals surface area contributed by atoms with Crippen molar-refractivity contribution in [2.75, 3.05) is 6.54 Å². The second-order valence-electron chi connectivity index (χ2n) is 5.48. The van der Waals surface area contributed by atoms with Gasteiger partial charge in [0, 0.05) is 5.54 Å². The van der Waals surface area contributed by atoms with Gasteiger partial charge in [-0.3, -0.25) is 4.79 Å². The first-order valence-corrected chi connectivity index (χ1v) is 6.60. The molecule has 1 rings (SSSR count). The Balaban J connectivity index is 2.43. The van der Waals surface area contributed by atoms with Crippen LogP contribution in [0.3, 0.4) is 0 Å². The lowest BCUT2D eigenvalue weighted by Crippen LogP contribution is -2.51. The van der Waals surface area contributed by atoms with Gasteiger partial charge in [-0.05, 0) is 39.7 Å². The van der Waals surface area contributed by atoms with Crippen LogP contribution in [0, 0.1) is 0 Å². The van der Waals surface area contributed by atoms with Crippen LogP contribution in [-0.2, 0) is 4.79 Å². The summed E-state index contributed by atoms with van der Waals surface area (Å²) in [7, 11) is 0. The van der Waals surface area contributed by atoms with Crippen LogP contribution in [0.25, 0.3) is 0 Å². The van der Waals surface area contributed by atoms with Crippen LogP contribution in [0.2, 0.25) is 0 Å². The highest BCUT2D eigenvalue weighted by Crippen LogP contribution is 2.13. The van der Waals surface area contributed by atoms with E-state index in [2.05, 4.69) is 31.4 Å². The van der Waals surface area contributed by atoms with Crippen molar-refractivity contribution in [1.29, 1.82) is 0 Å². The summed E-state index contributed by atoms with van der Waals surface area (Å²) >= 11 is 0. The number of carbonyl (C=O) groups is 1. The second-order valence-corrected chi connectivity index (χ2v) is 5.48. The number of amides is 1. The van der Waals surface area contributed by atoms with Crippen LogP contribution in [0.5, 0.6) is 0 Å². The lowest BCUT2D eigenvalue weighted by atomic mass is 9.98. The predicted molar refractivity (Wildman–Crippen MR) is 67.4 cm³/mol. The quantitative estimate of drug-likeness (QED) is 0.771. The van der Waals surface area contributed by atoms with Crippen molar-refractivity contribution < 1.29 is 4.79 Å². The Morgan fingerprint density at radius 1 is 1.38 bits per heavy atom. The molecule has 0 aromatic heterocycles. The van der Waals surface area contributed by atoms with Crippen LogP contribution in [0.1, 0.15) is 59.3 Å². The highest BCUT2D eigenvalue weighted by molar-refractivity contribution is 5.82. The molecule has 0 radical (unpaired) electrons. The fourth-order valence-electron chi connectivity index (χ4n) is 2.36. The minimum absolute atomic E-state index is 0.0265. The smallest absolute Gasteiger partial charge is 0.237 e. The van der Waals surface area contributed by atoms with Gasteiger partial charge in [0.1, 0.15) is 0 Å². The van der Waals surface area contributed by atoms with E-state index in [0.29, 0.717) is 0 Å². The Bertz CT molecular complexity index is 218. The van der Waals surface area contributed by atoms with Gasteiger partial charge in [0.05, 0.1) is 6.04 Å². The van der Waals surface area contributed by atoms with Crippen molar-refractivity contribution in [1.82, 2.24) is 10.6 Å². The Labute approximate surface area is 99.4 Å². The van der Waals surface area contributed by atoms with Gasteiger partial charge in [-0.25, -0.2) is 0 Å². The first-order valence-electron chi connectivity index (χ1n) is 6.60. The molecule has 1 aliphatic rings. The van der Waals surface area contributed by atoms with Crippen LogP contribution in [-0.4, -0.2) is 24.0 Å². The molecule has 0 aromatic carbocycles. The molecule has 1 atom stereocenters. The van der Waals surface area contributed by atoms with Gasteiger partial charge >= 0.3 is 0 Å². The molecule has 1 unspecified atom stereocenters. The van der Waals surface area contributed by atoms with E-state index in [4.69, 9.17) is 0 Å². The molecule has 1 saturated heterocycles. The molecule has 3 nitrogen and oxygen atoms in total. The molecule has 0 bridgehead atoms. The minimum atomic E-state index is -0.0696. The van der Waals surface area contributed by atoms with Crippen molar-refractivity contribution in [3.63, 3.8) is 0 Å². The minimum Gasteiger partial charge on any atom is -0.350 e. The van der Waals surface area contributed by atoms with Crippen LogP contribution in [0.4, 0.5) is 0 Å². The standard InChI is InChI=1S/C13H26N2O/c1-4-9-13(2,3)15-12(16)11-8-6-5-7-10-14-11/h11,14H,4-10H2,1-3H3,(H,15,16). The van der Waals surface area contributed by atoms with Gasteiger partial charge in [0.2, 0.25) is 5.91 Å². The molecule has 1 amide bonds. The maximum Gasteiger partial charge on any atom is 0.237 e. The van der Waals surface area contributed by atoms with E-state index >= 15 is 0 Å². The van der Waals surface area contributed by atoms with Crippen molar-refractivity contribution in [2.24, 2.45) is 0 Å². The average Bonchev–Trinajstić information content (AvgIpc) is 2.44. The summed E-state index contributed by atoms with van der Waals surface area (Å²) in [5.41, 5.74) is -0.0696. The molecule has 0 saturated carbocycles. The molecule has 1 fully saturated rings. The highest BCUT2D eigenvalue weighted by atomic mass is 16.2. The molecule has 2 N–H and O–H groups in total. The number of rotatable bonds is 4. The molecule has 1 heterocycles. The molecule has 0 aromatic rings.